The van der Waals surface area contributed by atoms with E-state index in [0.29, 0.717) is 40.9 Å². The quantitative estimate of drug-likeness (QED) is 0.126. The highest BCUT2D eigenvalue weighted by Gasteiger charge is 2.33. The first-order valence-corrected chi connectivity index (χ1v) is 15.3. The first-order valence-electron chi connectivity index (χ1n) is 12.9. The molecule has 3 aromatic carbocycles. The number of allylic oxidation sites excluding steroid dienone is 1. The van der Waals surface area contributed by atoms with Gasteiger partial charge in [0.25, 0.3) is 11.2 Å². The third-order valence-electron chi connectivity index (χ3n) is 6.55. The summed E-state index contributed by atoms with van der Waals surface area (Å²) in [7, 11) is 0. The Kier molecular flexibility index (Phi) is 9.04. The lowest BCUT2D eigenvalue weighted by Crippen LogP contribution is -2.39. The molecule has 43 heavy (non-hydrogen) atoms. The molecular formula is C30H22Br2FN3O6S. The van der Waals surface area contributed by atoms with Gasteiger partial charge in [0, 0.05) is 12.1 Å². The minimum Gasteiger partial charge on any atom is -0.487 e. The van der Waals surface area contributed by atoms with Gasteiger partial charge < -0.3 is 9.47 Å². The van der Waals surface area contributed by atoms with Crippen molar-refractivity contribution in [1.29, 1.82) is 0 Å². The Balaban J connectivity index is 1.51. The van der Waals surface area contributed by atoms with Crippen LogP contribution in [0.25, 0.3) is 6.08 Å². The Bertz CT molecular complexity index is 1930. The summed E-state index contributed by atoms with van der Waals surface area (Å²) in [5.41, 5.74) is 2.25. The second-order valence-electron chi connectivity index (χ2n) is 9.38. The van der Waals surface area contributed by atoms with Gasteiger partial charge in [-0.05, 0) is 105 Å². The monoisotopic (exact) mass is 729 g/mol. The predicted molar refractivity (Wildman–Crippen MR) is 166 cm³/mol. The van der Waals surface area contributed by atoms with Gasteiger partial charge >= 0.3 is 5.97 Å². The molecule has 13 heteroatoms. The molecule has 1 aliphatic rings. The second-order valence-corrected chi connectivity index (χ2v) is 12.1. The third kappa shape index (κ3) is 6.38. The van der Waals surface area contributed by atoms with Gasteiger partial charge in [0.1, 0.15) is 18.2 Å². The van der Waals surface area contributed by atoms with Gasteiger partial charge in [-0.25, -0.2) is 14.2 Å². The normalized spacial score (nSPS) is 14.7. The van der Waals surface area contributed by atoms with Crippen LogP contribution in [0.15, 0.2) is 90.7 Å². The molecule has 0 unspecified atom stereocenters. The fraction of sp³-hybridized carbons (Fsp3) is 0.167. The number of ether oxygens (including phenoxy) is 2. The molecule has 0 spiro atoms. The van der Waals surface area contributed by atoms with Gasteiger partial charge in [-0.1, -0.05) is 23.5 Å². The molecule has 0 radical (unpaired) electrons. The predicted octanol–water partition coefficient (Wildman–Crippen LogP) is 5.95. The van der Waals surface area contributed by atoms with Crippen molar-refractivity contribution in [3.05, 3.63) is 133 Å². The number of hydrogen-bond acceptors (Lipinski definition) is 8. The number of halogens is 3. The standard InChI is InChI=1S/C30H22Br2FN3O6S/c1-3-41-29(38)25-16(2)34-30-35(26(25)19-6-8-20(33)9-7-19)28(37)24(43-30)14-18-12-22(31)27(23(32)13-18)42-15-17-4-10-21(11-5-17)36(39)40/h4-14,26H,3,15H2,1-2H3/b24-14-/t26-/m1/s1. The Hall–Kier alpha value is -3.94. The van der Waals surface area contributed by atoms with Gasteiger partial charge in [-0.2, -0.15) is 0 Å². The summed E-state index contributed by atoms with van der Waals surface area (Å²) in [6.45, 7) is 3.70. The average molecular weight is 731 g/mol. The molecule has 1 aliphatic heterocycles. The maximum Gasteiger partial charge on any atom is 0.338 e. The van der Waals surface area contributed by atoms with Gasteiger partial charge in [0.2, 0.25) is 0 Å². The number of nitro groups is 1. The van der Waals surface area contributed by atoms with E-state index in [9.17, 15) is 24.1 Å². The molecule has 5 rings (SSSR count). The van der Waals surface area contributed by atoms with Crippen LogP contribution in [0.1, 0.15) is 36.6 Å². The van der Waals surface area contributed by atoms with Crippen LogP contribution in [0, 0.1) is 15.9 Å². The highest BCUT2D eigenvalue weighted by molar-refractivity contribution is 9.11. The van der Waals surface area contributed by atoms with Crippen molar-refractivity contribution >= 4 is 60.9 Å². The summed E-state index contributed by atoms with van der Waals surface area (Å²) in [5.74, 6) is -0.515. The summed E-state index contributed by atoms with van der Waals surface area (Å²) in [6.07, 6.45) is 1.71. The van der Waals surface area contributed by atoms with Gasteiger partial charge in [0.15, 0.2) is 4.80 Å². The Morgan fingerprint density at radius 1 is 1.14 bits per heavy atom. The van der Waals surface area contributed by atoms with Crippen LogP contribution >= 0.6 is 43.2 Å². The Labute approximate surface area is 265 Å². The van der Waals surface area contributed by atoms with Gasteiger partial charge in [0.05, 0.1) is 42.3 Å². The van der Waals surface area contributed by atoms with Gasteiger partial charge in [-0.3, -0.25) is 19.5 Å². The van der Waals surface area contributed by atoms with Crippen molar-refractivity contribution in [2.45, 2.75) is 26.5 Å². The number of carbonyl (C=O) groups excluding carboxylic acids is 1. The number of hydrogen-bond donors (Lipinski definition) is 0. The smallest absolute Gasteiger partial charge is 0.338 e. The molecule has 0 fully saturated rings. The summed E-state index contributed by atoms with van der Waals surface area (Å²) < 4.78 is 28.1. The molecule has 0 amide bonds. The van der Waals surface area contributed by atoms with E-state index in [1.165, 1.54) is 40.2 Å². The minimum atomic E-state index is -0.841. The Morgan fingerprint density at radius 3 is 2.40 bits per heavy atom. The van der Waals surface area contributed by atoms with Crippen molar-refractivity contribution in [2.75, 3.05) is 6.61 Å². The molecule has 1 atom stereocenters. The van der Waals surface area contributed by atoms with Crippen molar-refractivity contribution in [3.8, 4) is 5.75 Å². The number of fused-ring (bicyclic) bond motifs is 1. The summed E-state index contributed by atoms with van der Waals surface area (Å²) >= 11 is 8.24. The molecule has 220 valence electrons. The molecule has 0 saturated carbocycles. The van der Waals surface area contributed by atoms with Crippen LogP contribution in [0.4, 0.5) is 10.1 Å². The van der Waals surface area contributed by atoms with Crippen LogP contribution in [-0.4, -0.2) is 22.1 Å². The highest BCUT2D eigenvalue weighted by Crippen LogP contribution is 2.36. The van der Waals surface area contributed by atoms with Crippen LogP contribution in [-0.2, 0) is 16.1 Å². The molecule has 0 bridgehead atoms. The van der Waals surface area contributed by atoms with Crippen LogP contribution in [0.5, 0.6) is 5.75 Å². The number of rotatable bonds is 8. The molecule has 9 nitrogen and oxygen atoms in total. The molecule has 0 saturated heterocycles. The Morgan fingerprint density at radius 2 is 1.79 bits per heavy atom. The number of carbonyl (C=O) groups is 1. The van der Waals surface area contributed by atoms with Crippen molar-refractivity contribution < 1.29 is 23.6 Å². The summed E-state index contributed by atoms with van der Waals surface area (Å²) in [4.78, 5) is 42.2. The largest absolute Gasteiger partial charge is 0.487 e. The fourth-order valence-electron chi connectivity index (χ4n) is 4.57. The molecule has 0 aliphatic carbocycles. The topological polar surface area (TPSA) is 113 Å². The van der Waals surface area contributed by atoms with E-state index in [4.69, 9.17) is 9.47 Å². The lowest BCUT2D eigenvalue weighted by Gasteiger charge is -2.24. The van der Waals surface area contributed by atoms with Crippen LogP contribution < -0.4 is 19.6 Å². The second kappa shape index (κ2) is 12.7. The number of non-ortho nitro benzene ring substituents is 1. The van der Waals surface area contributed by atoms with Crippen LogP contribution in [0.3, 0.4) is 0 Å². The van der Waals surface area contributed by atoms with Crippen molar-refractivity contribution in [2.24, 2.45) is 4.99 Å². The van der Waals surface area contributed by atoms with Crippen molar-refractivity contribution in [1.82, 2.24) is 4.57 Å². The zero-order valence-corrected chi connectivity index (χ0v) is 26.7. The summed E-state index contributed by atoms with van der Waals surface area (Å²) in [5, 5.41) is 10.9. The number of benzene rings is 3. The molecule has 4 aromatic rings. The molecular weight excluding hydrogens is 709 g/mol. The average Bonchev–Trinajstić information content (AvgIpc) is 3.26. The van der Waals surface area contributed by atoms with E-state index in [1.807, 2.05) is 0 Å². The number of nitro benzene ring substituents is 1. The maximum absolute atomic E-state index is 13.8. The maximum atomic E-state index is 13.8. The lowest BCUT2D eigenvalue weighted by atomic mass is 9.96. The minimum absolute atomic E-state index is 0.00277. The molecule has 2 heterocycles. The zero-order chi connectivity index (χ0) is 30.8. The van der Waals surface area contributed by atoms with Gasteiger partial charge in [-0.15, -0.1) is 0 Å². The van der Waals surface area contributed by atoms with E-state index in [1.54, 1.807) is 56.3 Å². The van der Waals surface area contributed by atoms with E-state index < -0.39 is 22.8 Å². The summed E-state index contributed by atoms with van der Waals surface area (Å²) in [6, 6.07) is 14.5. The first kappa shape index (κ1) is 30.5. The van der Waals surface area contributed by atoms with E-state index in [0.717, 1.165) is 5.56 Å². The SMILES string of the molecule is CCOC(=O)C1=C(C)N=c2s/c(=C\c3cc(Br)c(OCc4ccc([N+](=O)[O-])cc4)c(Br)c3)c(=O)n2[C@@H]1c1ccc(F)cc1. The number of nitrogens with zero attached hydrogens (tertiary/aromatic N) is 3. The number of esters is 1. The van der Waals surface area contributed by atoms with Crippen LogP contribution in [0.2, 0.25) is 0 Å². The molecule has 1 aromatic heterocycles. The molecule has 0 N–H and O–H groups in total. The van der Waals surface area contributed by atoms with E-state index >= 15 is 0 Å². The zero-order valence-electron chi connectivity index (χ0n) is 22.7. The van der Waals surface area contributed by atoms with E-state index in [-0.39, 0.29) is 30.0 Å². The van der Waals surface area contributed by atoms with E-state index in [2.05, 4.69) is 36.9 Å². The first-order chi connectivity index (χ1) is 20.6. The number of thiazole rings is 1. The fourth-order valence-corrected chi connectivity index (χ4v) is 7.07. The lowest BCUT2D eigenvalue weighted by molar-refractivity contribution is -0.384. The van der Waals surface area contributed by atoms with Crippen molar-refractivity contribution in [3.63, 3.8) is 0 Å². The third-order valence-corrected chi connectivity index (χ3v) is 8.71. The number of aromatic nitrogens is 1. The highest BCUT2D eigenvalue weighted by atomic mass is 79.9.